The molecule has 3 heterocycles. The number of furan rings is 1. The van der Waals surface area contributed by atoms with Gasteiger partial charge in [-0.05, 0) is 30.7 Å². The maximum atomic E-state index is 12.8. The summed E-state index contributed by atoms with van der Waals surface area (Å²) in [5.41, 5.74) is -0.107. The highest BCUT2D eigenvalue weighted by Gasteiger charge is 2.31. The van der Waals surface area contributed by atoms with E-state index in [4.69, 9.17) is 4.42 Å². The summed E-state index contributed by atoms with van der Waals surface area (Å²) >= 11 is 0. The predicted molar refractivity (Wildman–Crippen MR) is 98.2 cm³/mol. The lowest BCUT2D eigenvalue weighted by Crippen LogP contribution is -2.35. The number of hydrogen-bond acceptors (Lipinski definition) is 4. The maximum Gasteiger partial charge on any atom is 0.417 e. The summed E-state index contributed by atoms with van der Waals surface area (Å²) in [7, 11) is 0. The van der Waals surface area contributed by atoms with Crippen LogP contribution in [0.1, 0.15) is 22.5 Å². The lowest BCUT2D eigenvalue weighted by molar-refractivity contribution is -0.137. The van der Waals surface area contributed by atoms with Gasteiger partial charge in [-0.1, -0.05) is 18.2 Å². The van der Waals surface area contributed by atoms with Gasteiger partial charge in [0.05, 0.1) is 5.56 Å². The third kappa shape index (κ3) is 3.67. The van der Waals surface area contributed by atoms with Gasteiger partial charge in [-0.15, -0.1) is 0 Å². The second-order valence-electron chi connectivity index (χ2n) is 6.68. The Bertz CT molecular complexity index is 949. The van der Waals surface area contributed by atoms with Gasteiger partial charge in [-0.3, -0.25) is 4.79 Å². The van der Waals surface area contributed by atoms with Crippen molar-refractivity contribution in [2.75, 3.05) is 31.1 Å². The summed E-state index contributed by atoms with van der Waals surface area (Å²) in [6.07, 6.45) is -2.87. The molecule has 1 aromatic carbocycles. The number of aromatic nitrogens is 1. The topological polar surface area (TPSA) is 49.6 Å². The first-order valence-electron chi connectivity index (χ1n) is 8.98. The third-order valence-electron chi connectivity index (χ3n) is 4.82. The molecule has 3 aromatic rings. The number of halogens is 3. The second-order valence-corrected chi connectivity index (χ2v) is 6.68. The van der Waals surface area contributed by atoms with Crippen LogP contribution in [0.3, 0.4) is 0 Å². The maximum absolute atomic E-state index is 12.8. The van der Waals surface area contributed by atoms with E-state index in [1.165, 1.54) is 6.07 Å². The lowest BCUT2D eigenvalue weighted by Gasteiger charge is -2.22. The molecule has 1 amide bonds. The summed E-state index contributed by atoms with van der Waals surface area (Å²) in [5, 5.41) is 0.872. The molecule has 1 aliphatic heterocycles. The van der Waals surface area contributed by atoms with Gasteiger partial charge < -0.3 is 14.2 Å². The molecular formula is C20H18F3N3O2. The van der Waals surface area contributed by atoms with E-state index in [1.54, 1.807) is 11.0 Å². The van der Waals surface area contributed by atoms with E-state index >= 15 is 0 Å². The van der Waals surface area contributed by atoms with Crippen LogP contribution < -0.4 is 4.90 Å². The smallest absolute Gasteiger partial charge is 0.417 e. The van der Waals surface area contributed by atoms with E-state index in [2.05, 4.69) is 4.98 Å². The molecule has 146 valence electrons. The number of pyridine rings is 1. The predicted octanol–water partition coefficient (Wildman–Crippen LogP) is 4.20. The Morgan fingerprint density at radius 3 is 2.57 bits per heavy atom. The Labute approximate surface area is 159 Å². The van der Waals surface area contributed by atoms with Gasteiger partial charge in [0.1, 0.15) is 11.4 Å². The number of fused-ring (bicyclic) bond motifs is 1. The van der Waals surface area contributed by atoms with Gasteiger partial charge in [0.2, 0.25) is 0 Å². The lowest BCUT2D eigenvalue weighted by atomic mass is 10.2. The summed E-state index contributed by atoms with van der Waals surface area (Å²) < 4.78 is 43.8. The van der Waals surface area contributed by atoms with E-state index in [9.17, 15) is 18.0 Å². The van der Waals surface area contributed by atoms with Gasteiger partial charge in [-0.25, -0.2) is 4.98 Å². The fraction of sp³-hybridized carbons (Fsp3) is 0.300. The number of anilines is 1. The van der Waals surface area contributed by atoms with Crippen molar-refractivity contribution >= 4 is 22.7 Å². The number of carbonyl (C=O) groups is 1. The van der Waals surface area contributed by atoms with Crippen LogP contribution in [-0.2, 0) is 6.18 Å². The SMILES string of the molecule is O=C(c1cc2ccccc2o1)N1CCCN(c2ccc(C(F)(F)F)cn2)CC1. The van der Waals surface area contributed by atoms with Crippen molar-refractivity contribution in [3.8, 4) is 0 Å². The minimum atomic E-state index is -4.40. The van der Waals surface area contributed by atoms with E-state index in [-0.39, 0.29) is 5.91 Å². The van der Waals surface area contributed by atoms with Crippen LogP contribution in [0.15, 0.2) is 53.1 Å². The van der Waals surface area contributed by atoms with Crippen molar-refractivity contribution in [3.63, 3.8) is 0 Å². The van der Waals surface area contributed by atoms with E-state index in [0.717, 1.165) is 17.6 Å². The molecule has 1 saturated heterocycles. The molecule has 2 aromatic heterocycles. The van der Waals surface area contributed by atoms with Crippen molar-refractivity contribution in [2.24, 2.45) is 0 Å². The zero-order chi connectivity index (χ0) is 19.7. The third-order valence-corrected chi connectivity index (χ3v) is 4.82. The Morgan fingerprint density at radius 2 is 1.86 bits per heavy atom. The largest absolute Gasteiger partial charge is 0.451 e. The van der Waals surface area contributed by atoms with Crippen molar-refractivity contribution in [3.05, 3.63) is 60.0 Å². The van der Waals surface area contributed by atoms with Crippen LogP contribution >= 0.6 is 0 Å². The van der Waals surface area contributed by atoms with Gasteiger partial charge in [-0.2, -0.15) is 13.2 Å². The van der Waals surface area contributed by atoms with E-state index in [1.807, 2.05) is 29.2 Å². The molecule has 0 aliphatic carbocycles. The van der Waals surface area contributed by atoms with Crippen molar-refractivity contribution in [1.29, 1.82) is 0 Å². The van der Waals surface area contributed by atoms with Crippen LogP contribution in [-0.4, -0.2) is 42.0 Å². The first-order chi connectivity index (χ1) is 13.4. The highest BCUT2D eigenvalue weighted by Crippen LogP contribution is 2.29. The highest BCUT2D eigenvalue weighted by molar-refractivity contribution is 5.96. The van der Waals surface area contributed by atoms with E-state index < -0.39 is 11.7 Å². The quantitative estimate of drug-likeness (QED) is 0.659. The molecule has 8 heteroatoms. The molecule has 0 bridgehead atoms. The van der Waals surface area contributed by atoms with Crippen molar-refractivity contribution < 1.29 is 22.4 Å². The fourth-order valence-electron chi connectivity index (χ4n) is 3.33. The summed E-state index contributed by atoms with van der Waals surface area (Å²) in [5.74, 6) is 0.590. The zero-order valence-corrected chi connectivity index (χ0v) is 14.9. The molecule has 1 aliphatic rings. The molecule has 0 unspecified atom stereocenters. The average Bonchev–Trinajstić information content (AvgIpc) is 2.96. The van der Waals surface area contributed by atoms with Crippen molar-refractivity contribution in [1.82, 2.24) is 9.88 Å². The number of amides is 1. The zero-order valence-electron chi connectivity index (χ0n) is 14.9. The number of rotatable bonds is 2. The van der Waals surface area contributed by atoms with Crippen LogP contribution in [0.5, 0.6) is 0 Å². The summed E-state index contributed by atoms with van der Waals surface area (Å²) in [6.45, 7) is 2.10. The fourth-order valence-corrected chi connectivity index (χ4v) is 3.33. The van der Waals surface area contributed by atoms with Gasteiger partial charge in [0.25, 0.3) is 5.91 Å². The summed E-state index contributed by atoms with van der Waals surface area (Å²) in [4.78, 5) is 20.3. The Hall–Kier alpha value is -3.03. The number of para-hydroxylation sites is 1. The minimum Gasteiger partial charge on any atom is -0.451 e. The average molecular weight is 389 g/mol. The minimum absolute atomic E-state index is 0.182. The van der Waals surface area contributed by atoms with Crippen LogP contribution in [0, 0.1) is 0 Å². The monoisotopic (exact) mass is 389 g/mol. The van der Waals surface area contributed by atoms with Crippen LogP contribution in [0.25, 0.3) is 11.0 Å². The Morgan fingerprint density at radius 1 is 1.04 bits per heavy atom. The molecule has 5 nitrogen and oxygen atoms in total. The number of benzene rings is 1. The molecule has 4 rings (SSSR count). The van der Waals surface area contributed by atoms with Crippen LogP contribution in [0.2, 0.25) is 0 Å². The first kappa shape index (κ1) is 18.3. The Kier molecular flexibility index (Phi) is 4.70. The van der Waals surface area contributed by atoms with Gasteiger partial charge >= 0.3 is 6.18 Å². The number of carbonyl (C=O) groups excluding carboxylic acids is 1. The molecule has 0 radical (unpaired) electrons. The first-order valence-corrected chi connectivity index (χ1v) is 8.98. The van der Waals surface area contributed by atoms with Crippen LogP contribution in [0.4, 0.5) is 19.0 Å². The van der Waals surface area contributed by atoms with Crippen molar-refractivity contribution in [2.45, 2.75) is 12.6 Å². The highest BCUT2D eigenvalue weighted by atomic mass is 19.4. The normalized spacial score (nSPS) is 15.7. The molecule has 28 heavy (non-hydrogen) atoms. The number of alkyl halides is 3. The van der Waals surface area contributed by atoms with Gasteiger partial charge in [0.15, 0.2) is 5.76 Å². The molecule has 0 N–H and O–H groups in total. The Balaban J connectivity index is 1.45. The number of nitrogens with zero attached hydrogens (tertiary/aromatic N) is 3. The molecular weight excluding hydrogens is 371 g/mol. The van der Waals surface area contributed by atoms with E-state index in [0.29, 0.717) is 49.8 Å². The molecule has 1 fully saturated rings. The summed E-state index contributed by atoms with van der Waals surface area (Å²) in [6, 6.07) is 11.6. The standard InChI is InChI=1S/C20H18F3N3O2/c21-20(22,23)15-6-7-18(24-13-15)25-8-3-9-26(11-10-25)19(27)17-12-14-4-1-2-5-16(14)28-17/h1-2,4-7,12-13H,3,8-11H2. The molecule has 0 atom stereocenters. The number of hydrogen-bond donors (Lipinski definition) is 0. The molecule has 0 spiro atoms. The second kappa shape index (κ2) is 7.18. The van der Waals surface area contributed by atoms with Gasteiger partial charge in [0, 0.05) is 37.8 Å². The molecule has 0 saturated carbocycles.